The van der Waals surface area contributed by atoms with Gasteiger partial charge in [-0.15, -0.1) is 11.3 Å². The molecule has 3 N–H and O–H groups in total. The van der Waals surface area contributed by atoms with Gasteiger partial charge in [0.15, 0.2) is 0 Å². The summed E-state index contributed by atoms with van der Waals surface area (Å²) in [6.45, 7) is 2.68. The van der Waals surface area contributed by atoms with E-state index in [0.717, 1.165) is 36.1 Å². The van der Waals surface area contributed by atoms with E-state index in [1.165, 1.54) is 21.9 Å². The van der Waals surface area contributed by atoms with E-state index < -0.39 is 10.0 Å². The molecule has 0 unspecified atom stereocenters. The number of para-hydroxylation sites is 1. The minimum absolute atomic E-state index is 0.00477. The highest BCUT2D eigenvalue weighted by Crippen LogP contribution is 2.34. The molecule has 0 radical (unpaired) electrons. The second kappa shape index (κ2) is 9.13. The monoisotopic (exact) mass is 488 g/mol. The number of aromatic nitrogens is 3. The van der Waals surface area contributed by atoms with Gasteiger partial charge in [0.2, 0.25) is 10.0 Å². The van der Waals surface area contributed by atoms with E-state index >= 15 is 0 Å². The number of thiazole rings is 1. The van der Waals surface area contributed by atoms with Crippen LogP contribution in [0.5, 0.6) is 0 Å². The van der Waals surface area contributed by atoms with Crippen molar-refractivity contribution in [2.75, 3.05) is 37.8 Å². The molecule has 0 spiro atoms. The Balaban J connectivity index is 1.51. The molecule has 11 heteroatoms. The Labute approximate surface area is 196 Å². The van der Waals surface area contributed by atoms with Gasteiger partial charge in [0.25, 0.3) is 5.56 Å². The van der Waals surface area contributed by atoms with Crippen LogP contribution in [0.25, 0.3) is 20.8 Å². The van der Waals surface area contributed by atoms with Crippen molar-refractivity contribution in [1.82, 2.24) is 24.6 Å². The molecule has 0 saturated carbocycles. The molecule has 9 nitrogen and oxygen atoms in total. The Kier molecular flexibility index (Phi) is 6.21. The van der Waals surface area contributed by atoms with Gasteiger partial charge in [0.1, 0.15) is 22.2 Å². The minimum Gasteiger partial charge on any atom is -0.365 e. The summed E-state index contributed by atoms with van der Waals surface area (Å²) in [5.74, 6) is 1.18. The molecule has 3 aromatic rings. The molecule has 1 aromatic carbocycles. The van der Waals surface area contributed by atoms with E-state index in [4.69, 9.17) is 9.97 Å². The van der Waals surface area contributed by atoms with Crippen LogP contribution in [0.2, 0.25) is 0 Å². The van der Waals surface area contributed by atoms with Crippen molar-refractivity contribution in [2.24, 2.45) is 0 Å². The molecule has 4 heterocycles. The highest BCUT2D eigenvalue weighted by Gasteiger charge is 2.29. The van der Waals surface area contributed by atoms with E-state index in [0.29, 0.717) is 48.1 Å². The van der Waals surface area contributed by atoms with E-state index in [2.05, 4.69) is 15.6 Å². The maximum Gasteiger partial charge on any atom is 0.263 e. The molecular weight excluding hydrogens is 460 g/mol. The van der Waals surface area contributed by atoms with Crippen molar-refractivity contribution >= 4 is 37.4 Å². The van der Waals surface area contributed by atoms with Crippen molar-refractivity contribution in [1.29, 1.82) is 0 Å². The number of aromatic amines is 1. The van der Waals surface area contributed by atoms with Gasteiger partial charge in [-0.1, -0.05) is 12.1 Å². The van der Waals surface area contributed by atoms with Crippen molar-refractivity contribution in [3.05, 3.63) is 40.4 Å². The fourth-order valence-corrected chi connectivity index (χ4v) is 6.48. The Morgan fingerprint density at radius 2 is 1.94 bits per heavy atom. The van der Waals surface area contributed by atoms with Gasteiger partial charge in [-0.25, -0.2) is 22.7 Å². The molecule has 2 aliphatic heterocycles. The van der Waals surface area contributed by atoms with Gasteiger partial charge in [-0.05, 0) is 44.4 Å². The summed E-state index contributed by atoms with van der Waals surface area (Å²) in [6, 6.07) is 8.03. The number of hydrogen-bond acceptors (Lipinski definition) is 8. The average Bonchev–Trinajstić information content (AvgIpc) is 3.22. The van der Waals surface area contributed by atoms with Gasteiger partial charge < -0.3 is 15.6 Å². The van der Waals surface area contributed by atoms with E-state index in [9.17, 15) is 13.2 Å². The Morgan fingerprint density at radius 3 is 2.64 bits per heavy atom. The lowest BCUT2D eigenvalue weighted by atomic mass is 9.97. The summed E-state index contributed by atoms with van der Waals surface area (Å²) in [7, 11) is -3.21. The lowest BCUT2D eigenvalue weighted by Crippen LogP contribution is -2.39. The molecule has 0 amide bonds. The molecule has 2 saturated heterocycles. The minimum atomic E-state index is -3.21. The first-order valence-electron chi connectivity index (χ1n) is 11.3. The second-order valence-corrected chi connectivity index (χ2v) is 11.8. The lowest BCUT2D eigenvalue weighted by Gasteiger charge is -2.30. The van der Waals surface area contributed by atoms with E-state index in [1.807, 2.05) is 24.3 Å². The Hall–Kier alpha value is -2.34. The zero-order valence-corrected chi connectivity index (χ0v) is 20.1. The number of H-pyrrole nitrogens is 1. The topological polar surface area (TPSA) is 120 Å². The first kappa shape index (κ1) is 22.5. The summed E-state index contributed by atoms with van der Waals surface area (Å²) in [4.78, 5) is 25.9. The highest BCUT2D eigenvalue weighted by atomic mass is 32.2. The number of anilines is 1. The zero-order valence-electron chi connectivity index (χ0n) is 18.5. The molecule has 0 aliphatic carbocycles. The number of hydrogen-bond donors (Lipinski definition) is 3. The maximum absolute atomic E-state index is 13.4. The number of fused-ring (bicyclic) bond motifs is 1. The first-order chi connectivity index (χ1) is 15.9. The normalized spacial score (nSPS) is 20.8. The smallest absolute Gasteiger partial charge is 0.263 e. The first-order valence-corrected chi connectivity index (χ1v) is 14.0. The number of nitrogens with one attached hydrogen (secondary N) is 3. The van der Waals surface area contributed by atoms with Crippen LogP contribution in [-0.4, -0.2) is 66.2 Å². The van der Waals surface area contributed by atoms with Gasteiger partial charge in [0.05, 0.1) is 16.5 Å². The zero-order chi connectivity index (χ0) is 23.0. The fraction of sp³-hybridized carbons (Fsp3) is 0.500. The third kappa shape index (κ3) is 4.81. The van der Waals surface area contributed by atoms with Crippen molar-refractivity contribution in [2.45, 2.75) is 37.6 Å². The molecule has 2 aromatic heterocycles. The van der Waals surface area contributed by atoms with Crippen molar-refractivity contribution < 1.29 is 8.42 Å². The van der Waals surface area contributed by atoms with Crippen LogP contribution in [0.1, 0.15) is 37.4 Å². The third-order valence-electron chi connectivity index (χ3n) is 6.39. The van der Waals surface area contributed by atoms with Gasteiger partial charge in [-0.2, -0.15) is 0 Å². The molecule has 0 bridgehead atoms. The van der Waals surface area contributed by atoms with Crippen molar-refractivity contribution in [3.63, 3.8) is 0 Å². The average molecular weight is 489 g/mol. The van der Waals surface area contributed by atoms with Gasteiger partial charge in [-0.3, -0.25) is 4.79 Å². The summed E-state index contributed by atoms with van der Waals surface area (Å²) < 4.78 is 26.2. The third-order valence-corrected chi connectivity index (χ3v) is 8.75. The highest BCUT2D eigenvalue weighted by molar-refractivity contribution is 7.88. The molecule has 2 fully saturated rings. The Bertz CT molecular complexity index is 1270. The molecule has 33 heavy (non-hydrogen) atoms. The maximum atomic E-state index is 13.4. The van der Waals surface area contributed by atoms with Gasteiger partial charge in [0, 0.05) is 31.6 Å². The number of nitrogens with zero attached hydrogens (tertiary/aromatic N) is 3. The summed E-state index contributed by atoms with van der Waals surface area (Å²) >= 11 is 1.49. The number of rotatable bonds is 5. The molecule has 2 aliphatic rings. The van der Waals surface area contributed by atoms with Crippen LogP contribution < -0.4 is 16.2 Å². The van der Waals surface area contributed by atoms with Crippen LogP contribution >= 0.6 is 11.3 Å². The van der Waals surface area contributed by atoms with E-state index in [1.54, 1.807) is 0 Å². The van der Waals surface area contributed by atoms with Crippen LogP contribution in [0.3, 0.4) is 0 Å². The molecule has 1 atom stereocenters. The fourth-order valence-electron chi connectivity index (χ4n) is 4.60. The quantitative estimate of drug-likeness (QED) is 0.504. The Morgan fingerprint density at radius 1 is 1.15 bits per heavy atom. The standard InChI is InChI=1S/C22H28N6O3S2/c1-33(30,31)28-11-8-14(9-12-28)19-26-20(24-15-5-4-10-23-13-15)18(21(29)27-19)22-25-16-6-2-3-7-17(16)32-22/h2-3,6-7,14-15,23H,4-5,8-13H2,1H3,(H2,24,26,27,29)/t15-/m1/s1. The van der Waals surface area contributed by atoms with Crippen LogP contribution in [0.4, 0.5) is 5.82 Å². The predicted octanol–water partition coefficient (Wildman–Crippen LogP) is 2.35. The summed E-state index contributed by atoms with van der Waals surface area (Å²) in [5.41, 5.74) is 1.12. The van der Waals surface area contributed by atoms with E-state index in [-0.39, 0.29) is 17.5 Å². The van der Waals surface area contributed by atoms with Crippen molar-refractivity contribution in [3.8, 4) is 10.6 Å². The van der Waals surface area contributed by atoms with Crippen LogP contribution in [0, 0.1) is 0 Å². The summed E-state index contributed by atoms with van der Waals surface area (Å²) in [6.07, 6.45) is 4.55. The van der Waals surface area contributed by atoms with Crippen LogP contribution in [0.15, 0.2) is 29.1 Å². The number of sulfonamides is 1. The second-order valence-electron chi connectivity index (χ2n) is 8.79. The van der Waals surface area contributed by atoms with Crippen LogP contribution in [-0.2, 0) is 10.0 Å². The van der Waals surface area contributed by atoms with Gasteiger partial charge >= 0.3 is 0 Å². The predicted molar refractivity (Wildman–Crippen MR) is 131 cm³/mol. The summed E-state index contributed by atoms with van der Waals surface area (Å²) in [5, 5.41) is 7.56. The number of benzene rings is 1. The largest absolute Gasteiger partial charge is 0.365 e. The number of piperidine rings is 2. The lowest BCUT2D eigenvalue weighted by molar-refractivity contribution is 0.315. The molecule has 176 valence electrons. The molecular formula is C22H28N6O3S2. The molecule has 5 rings (SSSR count). The SMILES string of the molecule is CS(=O)(=O)N1CCC(c2nc(N[C@@H]3CCCNC3)c(-c3nc4ccccc4s3)c(=O)[nH]2)CC1.